The van der Waals surface area contributed by atoms with Gasteiger partial charge in [0, 0.05) is 35.7 Å². The van der Waals surface area contributed by atoms with Gasteiger partial charge >= 0.3 is 0 Å². The number of aromatic nitrogens is 2. The molecule has 0 saturated heterocycles. The third-order valence-corrected chi connectivity index (χ3v) is 6.61. The lowest BCUT2D eigenvalue weighted by atomic mass is 9.98. The van der Waals surface area contributed by atoms with Crippen molar-refractivity contribution in [3.63, 3.8) is 0 Å². The van der Waals surface area contributed by atoms with Crippen molar-refractivity contribution in [3.8, 4) is 28.2 Å². The van der Waals surface area contributed by atoms with Gasteiger partial charge in [-0.3, -0.25) is 9.59 Å². The molecule has 0 atom stereocenters. The van der Waals surface area contributed by atoms with Gasteiger partial charge in [0.1, 0.15) is 35.3 Å². The van der Waals surface area contributed by atoms with Crippen LogP contribution in [0.5, 0.6) is 5.75 Å². The zero-order valence-electron chi connectivity index (χ0n) is 23.3. The molecule has 0 bridgehead atoms. The molecule has 9 heteroatoms. The highest BCUT2D eigenvalue weighted by molar-refractivity contribution is 6.12. The maximum absolute atomic E-state index is 13.6. The summed E-state index contributed by atoms with van der Waals surface area (Å²) >= 11 is 0. The van der Waals surface area contributed by atoms with E-state index >= 15 is 0 Å². The van der Waals surface area contributed by atoms with E-state index in [0.717, 1.165) is 17.1 Å². The van der Waals surface area contributed by atoms with Gasteiger partial charge in [0.05, 0.1) is 17.5 Å². The van der Waals surface area contributed by atoms with Gasteiger partial charge in [-0.25, -0.2) is 9.37 Å². The van der Waals surface area contributed by atoms with Crippen LogP contribution in [0.25, 0.3) is 33.4 Å². The van der Waals surface area contributed by atoms with Gasteiger partial charge in [-0.05, 0) is 73.0 Å². The summed E-state index contributed by atoms with van der Waals surface area (Å²) in [5.74, 6) is 1.07. The van der Waals surface area contributed by atoms with Crippen molar-refractivity contribution >= 4 is 22.8 Å². The molecular formula is C32H31FN4O4. The zero-order chi connectivity index (χ0) is 29.1. The number of nitrogens with zero attached hydrogens (tertiary/aromatic N) is 1. The molecule has 0 saturated carbocycles. The van der Waals surface area contributed by atoms with E-state index in [-0.39, 0.29) is 24.2 Å². The number of halogens is 1. The largest absolute Gasteiger partial charge is 0.487 e. The first kappa shape index (κ1) is 27.6. The number of fused-ring (bicyclic) bond motifs is 1. The average molecular weight is 555 g/mol. The molecule has 0 unspecified atom stereocenters. The summed E-state index contributed by atoms with van der Waals surface area (Å²) in [5.41, 5.74) is 4.09. The predicted octanol–water partition coefficient (Wildman–Crippen LogP) is 6.26. The Bertz CT molecular complexity index is 1720. The number of hydrogen-bond acceptors (Lipinski definition) is 5. The monoisotopic (exact) mass is 554 g/mol. The molecule has 210 valence electrons. The number of benzene rings is 3. The molecule has 0 fully saturated rings. The Morgan fingerprint density at radius 2 is 1.78 bits per heavy atom. The summed E-state index contributed by atoms with van der Waals surface area (Å²) in [6.07, 6.45) is 1.72. The Kier molecular flexibility index (Phi) is 7.87. The van der Waals surface area contributed by atoms with Crippen molar-refractivity contribution < 1.29 is 23.1 Å². The van der Waals surface area contributed by atoms with Crippen molar-refractivity contribution in [2.24, 2.45) is 5.92 Å². The Morgan fingerprint density at radius 1 is 1.02 bits per heavy atom. The topological polar surface area (TPSA) is 109 Å². The third kappa shape index (κ3) is 5.99. The fraction of sp³-hybridized carbons (Fsp3) is 0.219. The molecule has 0 aliphatic heterocycles. The minimum atomic E-state index is -0.385. The van der Waals surface area contributed by atoms with E-state index in [1.54, 1.807) is 49.6 Å². The Hall–Kier alpha value is -4.92. The number of aryl methyl sites for hydroxylation is 1. The van der Waals surface area contributed by atoms with E-state index in [2.05, 4.69) is 20.6 Å². The summed E-state index contributed by atoms with van der Waals surface area (Å²) in [7, 11) is 1.54. The number of amides is 2. The number of carbonyl (C=O) groups excluding carboxylic acids is 2. The number of furan rings is 1. The van der Waals surface area contributed by atoms with E-state index in [9.17, 15) is 14.0 Å². The second-order valence-corrected chi connectivity index (χ2v) is 10.2. The summed E-state index contributed by atoms with van der Waals surface area (Å²) in [5, 5.41) is 6.21. The maximum atomic E-state index is 13.6. The number of rotatable bonds is 9. The maximum Gasteiger partial charge on any atom is 0.255 e. The number of nitrogens with one attached hydrogen (secondary N) is 3. The smallest absolute Gasteiger partial charge is 0.255 e. The van der Waals surface area contributed by atoms with Crippen LogP contribution in [0.4, 0.5) is 4.39 Å². The highest BCUT2D eigenvalue weighted by Gasteiger charge is 2.23. The second-order valence-electron chi connectivity index (χ2n) is 10.2. The van der Waals surface area contributed by atoms with Gasteiger partial charge < -0.3 is 24.8 Å². The zero-order valence-corrected chi connectivity index (χ0v) is 23.3. The normalized spacial score (nSPS) is 11.2. The lowest BCUT2D eigenvalue weighted by Crippen LogP contribution is -2.27. The van der Waals surface area contributed by atoms with Crippen molar-refractivity contribution in [1.29, 1.82) is 0 Å². The first-order chi connectivity index (χ1) is 19.7. The highest BCUT2D eigenvalue weighted by Crippen LogP contribution is 2.38. The van der Waals surface area contributed by atoms with Crippen molar-refractivity contribution in [2.45, 2.75) is 27.4 Å². The van der Waals surface area contributed by atoms with Gasteiger partial charge in [-0.1, -0.05) is 19.9 Å². The molecule has 3 aromatic carbocycles. The molecule has 0 radical (unpaired) electrons. The van der Waals surface area contributed by atoms with Crippen molar-refractivity contribution in [3.05, 3.63) is 95.3 Å². The Balaban J connectivity index is 1.61. The molecule has 2 aromatic heterocycles. The minimum Gasteiger partial charge on any atom is -0.487 e. The molecule has 2 heterocycles. The van der Waals surface area contributed by atoms with Gasteiger partial charge in [0.15, 0.2) is 0 Å². The number of H-pyrrole nitrogens is 1. The predicted molar refractivity (Wildman–Crippen MR) is 155 cm³/mol. The second kappa shape index (κ2) is 11.7. The molecule has 5 rings (SSSR count). The number of ether oxygens (including phenoxy) is 1. The fourth-order valence-electron chi connectivity index (χ4n) is 4.54. The van der Waals surface area contributed by atoms with Crippen LogP contribution in [0.1, 0.15) is 46.1 Å². The Labute approximate surface area is 236 Å². The lowest BCUT2D eigenvalue weighted by molar-refractivity contribution is 0.0945. The number of imidazole rings is 1. The molecule has 0 aliphatic carbocycles. The van der Waals surface area contributed by atoms with Crippen LogP contribution in [0, 0.1) is 18.7 Å². The summed E-state index contributed by atoms with van der Waals surface area (Å²) in [4.78, 5) is 33.4. The number of hydrogen-bond donors (Lipinski definition) is 3. The summed E-state index contributed by atoms with van der Waals surface area (Å²) < 4.78 is 25.9. The molecule has 0 aliphatic rings. The van der Waals surface area contributed by atoms with E-state index < -0.39 is 0 Å². The minimum absolute atomic E-state index is 0.190. The molecule has 2 amide bonds. The lowest BCUT2D eigenvalue weighted by Gasteiger charge is -2.14. The van der Waals surface area contributed by atoms with E-state index in [4.69, 9.17) is 9.15 Å². The van der Waals surface area contributed by atoms with Gasteiger partial charge in [-0.15, -0.1) is 0 Å². The van der Waals surface area contributed by atoms with E-state index in [1.165, 1.54) is 12.1 Å². The van der Waals surface area contributed by atoms with Gasteiger partial charge in [0.25, 0.3) is 11.8 Å². The SMILES string of the molecule is CNC(=O)c1c(-c2ccc(F)cc2)oc2ccc(-c3cc(C(=O)NCC(C)C)ccc3OCc3cnc(C)[nH]3)cc12. The van der Waals surface area contributed by atoms with Crippen LogP contribution in [-0.4, -0.2) is 35.4 Å². The first-order valence-electron chi connectivity index (χ1n) is 13.3. The highest BCUT2D eigenvalue weighted by atomic mass is 19.1. The molecule has 41 heavy (non-hydrogen) atoms. The molecular weight excluding hydrogens is 523 g/mol. The molecule has 8 nitrogen and oxygen atoms in total. The van der Waals surface area contributed by atoms with Crippen molar-refractivity contribution in [1.82, 2.24) is 20.6 Å². The van der Waals surface area contributed by atoms with Crippen LogP contribution in [0.15, 0.2) is 71.3 Å². The number of aromatic amines is 1. The standard InChI is InChI=1S/C32H31FN4O4/c1-18(2)15-36-31(38)22-8-11-27(40-17-24-16-35-19(3)37-24)25(14-22)21-7-12-28-26(13-21)29(32(39)34-4)30(41-28)20-5-9-23(33)10-6-20/h5-14,16,18H,15,17H2,1-4H3,(H,34,39)(H,35,37)(H,36,38). The summed E-state index contributed by atoms with van der Waals surface area (Å²) in [6.45, 7) is 6.73. The third-order valence-electron chi connectivity index (χ3n) is 6.61. The van der Waals surface area contributed by atoms with Gasteiger partial charge in [0.2, 0.25) is 0 Å². The Morgan fingerprint density at radius 3 is 2.46 bits per heavy atom. The van der Waals surface area contributed by atoms with Crippen LogP contribution in [0.2, 0.25) is 0 Å². The molecule has 0 spiro atoms. The quantitative estimate of drug-likeness (QED) is 0.199. The van der Waals surface area contributed by atoms with Crippen LogP contribution in [0.3, 0.4) is 0 Å². The van der Waals surface area contributed by atoms with E-state index in [0.29, 0.717) is 57.2 Å². The van der Waals surface area contributed by atoms with E-state index in [1.807, 2.05) is 32.9 Å². The average Bonchev–Trinajstić information content (AvgIpc) is 3.57. The van der Waals surface area contributed by atoms with Crippen LogP contribution in [-0.2, 0) is 6.61 Å². The van der Waals surface area contributed by atoms with Crippen LogP contribution >= 0.6 is 0 Å². The number of carbonyl (C=O) groups is 2. The van der Waals surface area contributed by atoms with Crippen LogP contribution < -0.4 is 15.4 Å². The molecule has 5 aromatic rings. The fourth-order valence-corrected chi connectivity index (χ4v) is 4.54. The summed E-state index contributed by atoms with van der Waals surface area (Å²) in [6, 6.07) is 16.5. The van der Waals surface area contributed by atoms with Gasteiger partial charge in [-0.2, -0.15) is 0 Å². The molecule has 3 N–H and O–H groups in total. The first-order valence-corrected chi connectivity index (χ1v) is 13.3. The van der Waals surface area contributed by atoms with Crippen molar-refractivity contribution in [2.75, 3.05) is 13.6 Å².